The van der Waals surface area contributed by atoms with E-state index in [9.17, 15) is 28.2 Å². The molecule has 0 aliphatic rings. The Labute approximate surface area is 222 Å². The number of fused-ring (bicyclic) bond motifs is 1. The fourth-order valence-corrected chi connectivity index (χ4v) is 4.47. The highest BCUT2D eigenvalue weighted by molar-refractivity contribution is 6.08. The summed E-state index contributed by atoms with van der Waals surface area (Å²) in [7, 11) is 0. The van der Waals surface area contributed by atoms with E-state index in [0.717, 1.165) is 45.9 Å². The van der Waals surface area contributed by atoms with Gasteiger partial charge in [0.05, 0.1) is 28.9 Å². The molecule has 0 atom stereocenters. The Morgan fingerprint density at radius 1 is 0.872 bits per heavy atom. The summed E-state index contributed by atoms with van der Waals surface area (Å²) in [5.74, 6) is -1.31. The minimum absolute atomic E-state index is 0.101. The van der Waals surface area contributed by atoms with Gasteiger partial charge in [-0.3, -0.25) is 4.79 Å². The Balaban J connectivity index is 1.54. The van der Waals surface area contributed by atoms with E-state index in [-0.39, 0.29) is 23.4 Å². The summed E-state index contributed by atoms with van der Waals surface area (Å²) in [6, 6.07) is 25.1. The number of phenols is 2. The zero-order valence-electron chi connectivity index (χ0n) is 20.8. The number of rotatable bonds is 5. The smallest absolute Gasteiger partial charge is 0.416 e. The number of amides is 1. The predicted octanol–water partition coefficient (Wildman–Crippen LogP) is 7.49. The van der Waals surface area contributed by atoms with Crippen molar-refractivity contribution in [3.8, 4) is 22.8 Å². The highest BCUT2D eigenvalue weighted by Crippen LogP contribution is 2.33. The number of aromatic hydroxyl groups is 2. The van der Waals surface area contributed by atoms with Crippen molar-refractivity contribution in [2.24, 2.45) is 0 Å². The Bertz CT molecular complexity index is 1680. The minimum Gasteiger partial charge on any atom is -0.508 e. The van der Waals surface area contributed by atoms with Crippen LogP contribution in [0.5, 0.6) is 11.5 Å². The molecule has 1 heterocycles. The lowest BCUT2D eigenvalue weighted by Gasteiger charge is -2.24. The number of aromatic nitrogens is 1. The number of alkyl halides is 3. The number of carbonyl (C=O) groups excluding carboxylic acids is 1. The maximum absolute atomic E-state index is 13.6. The summed E-state index contributed by atoms with van der Waals surface area (Å²) < 4.78 is 40.0. The number of halogens is 3. The molecule has 8 heteroatoms. The van der Waals surface area contributed by atoms with Crippen LogP contribution in [0.4, 0.5) is 18.9 Å². The average molecular weight is 529 g/mol. The third-order valence-corrected chi connectivity index (χ3v) is 6.42. The van der Waals surface area contributed by atoms with Gasteiger partial charge < -0.3 is 15.1 Å². The third-order valence-electron chi connectivity index (χ3n) is 6.42. The summed E-state index contributed by atoms with van der Waals surface area (Å²) in [5.41, 5.74) is 3.12. The van der Waals surface area contributed by atoms with Gasteiger partial charge in [0.25, 0.3) is 5.91 Å². The summed E-state index contributed by atoms with van der Waals surface area (Å²) in [5, 5.41) is 21.0. The number of aryl methyl sites for hydroxylation is 1. The lowest BCUT2D eigenvalue weighted by Crippen LogP contribution is -2.30. The first-order chi connectivity index (χ1) is 18.6. The van der Waals surface area contributed by atoms with Crippen LogP contribution in [0.15, 0.2) is 97.1 Å². The van der Waals surface area contributed by atoms with Crippen LogP contribution in [0.25, 0.3) is 22.2 Å². The van der Waals surface area contributed by atoms with Gasteiger partial charge >= 0.3 is 6.18 Å². The van der Waals surface area contributed by atoms with Crippen LogP contribution >= 0.6 is 0 Å². The lowest BCUT2D eigenvalue weighted by atomic mass is 10.0. The fourth-order valence-electron chi connectivity index (χ4n) is 4.47. The molecule has 0 bridgehead atoms. The van der Waals surface area contributed by atoms with E-state index in [1.807, 2.05) is 37.3 Å². The molecular formula is C31H23F3N2O3. The van der Waals surface area contributed by atoms with Gasteiger partial charge in [0.15, 0.2) is 0 Å². The van der Waals surface area contributed by atoms with Crippen LogP contribution in [0, 0.1) is 6.92 Å². The van der Waals surface area contributed by atoms with Gasteiger partial charge in [0.2, 0.25) is 0 Å². The van der Waals surface area contributed by atoms with E-state index in [4.69, 9.17) is 4.98 Å². The number of pyridine rings is 1. The second kappa shape index (κ2) is 10.1. The lowest BCUT2D eigenvalue weighted by molar-refractivity contribution is -0.137. The number of benzene rings is 4. The van der Waals surface area contributed by atoms with Gasteiger partial charge in [0.1, 0.15) is 11.5 Å². The molecule has 0 saturated heterocycles. The summed E-state index contributed by atoms with van der Waals surface area (Å²) in [4.78, 5) is 19.6. The molecule has 5 nitrogen and oxygen atoms in total. The summed E-state index contributed by atoms with van der Waals surface area (Å²) in [6.07, 6.45) is -4.54. The van der Waals surface area contributed by atoms with E-state index in [1.54, 1.807) is 24.3 Å². The van der Waals surface area contributed by atoms with Crippen molar-refractivity contribution >= 4 is 22.5 Å². The number of hydrogen-bond acceptors (Lipinski definition) is 4. The number of nitrogens with zero attached hydrogens (tertiary/aromatic N) is 2. The molecule has 0 spiro atoms. The van der Waals surface area contributed by atoms with Gasteiger partial charge in [0, 0.05) is 22.7 Å². The molecule has 39 heavy (non-hydrogen) atoms. The Morgan fingerprint density at radius 3 is 2.33 bits per heavy atom. The molecule has 0 aliphatic carbocycles. The molecule has 0 unspecified atom stereocenters. The van der Waals surface area contributed by atoms with Crippen LogP contribution in [0.1, 0.15) is 27.0 Å². The molecular weight excluding hydrogens is 505 g/mol. The Kier molecular flexibility index (Phi) is 6.70. The van der Waals surface area contributed by atoms with Crippen LogP contribution in [0.3, 0.4) is 0 Å². The van der Waals surface area contributed by atoms with Gasteiger partial charge in [-0.05, 0) is 66.6 Å². The highest BCUT2D eigenvalue weighted by atomic mass is 19.4. The van der Waals surface area contributed by atoms with Crippen molar-refractivity contribution in [2.75, 3.05) is 4.90 Å². The van der Waals surface area contributed by atoms with E-state index in [2.05, 4.69) is 0 Å². The van der Waals surface area contributed by atoms with Crippen LogP contribution in [-0.4, -0.2) is 21.1 Å². The number of hydrogen-bond donors (Lipinski definition) is 2. The Morgan fingerprint density at radius 2 is 1.62 bits per heavy atom. The third kappa shape index (κ3) is 5.40. The molecule has 0 fully saturated rings. The predicted molar refractivity (Wildman–Crippen MR) is 144 cm³/mol. The second-order valence-electron chi connectivity index (χ2n) is 9.18. The van der Waals surface area contributed by atoms with Gasteiger partial charge in [-0.1, -0.05) is 42.5 Å². The monoisotopic (exact) mass is 528 g/mol. The van der Waals surface area contributed by atoms with E-state index in [0.29, 0.717) is 5.69 Å². The molecule has 5 aromatic rings. The molecule has 1 amide bonds. The average Bonchev–Trinajstić information content (AvgIpc) is 2.91. The second-order valence-corrected chi connectivity index (χ2v) is 9.18. The molecule has 0 aliphatic heterocycles. The van der Waals surface area contributed by atoms with Crippen LogP contribution in [-0.2, 0) is 12.7 Å². The topological polar surface area (TPSA) is 73.7 Å². The molecule has 1 aromatic heterocycles. The van der Waals surface area contributed by atoms with E-state index in [1.165, 1.54) is 29.2 Å². The van der Waals surface area contributed by atoms with Crippen molar-refractivity contribution < 1.29 is 28.2 Å². The van der Waals surface area contributed by atoms with Gasteiger partial charge in [-0.15, -0.1) is 0 Å². The first-order valence-electron chi connectivity index (χ1n) is 12.1. The number of para-hydroxylation sites is 1. The molecule has 5 rings (SSSR count). The maximum atomic E-state index is 13.6. The molecule has 2 N–H and O–H groups in total. The zero-order chi connectivity index (χ0) is 27.7. The maximum Gasteiger partial charge on any atom is 0.416 e. The van der Waals surface area contributed by atoms with Crippen molar-refractivity contribution in [1.29, 1.82) is 0 Å². The zero-order valence-corrected chi connectivity index (χ0v) is 20.8. The number of phenolic OH excluding ortho intramolecular Hbond substituents is 2. The van der Waals surface area contributed by atoms with E-state index < -0.39 is 23.4 Å². The molecule has 4 aromatic carbocycles. The van der Waals surface area contributed by atoms with Crippen LogP contribution in [0.2, 0.25) is 0 Å². The van der Waals surface area contributed by atoms with Crippen molar-refractivity contribution in [1.82, 2.24) is 4.98 Å². The first-order valence-corrected chi connectivity index (χ1v) is 12.1. The first kappa shape index (κ1) is 25.8. The summed E-state index contributed by atoms with van der Waals surface area (Å²) in [6.45, 7) is 1.77. The van der Waals surface area contributed by atoms with Gasteiger partial charge in [-0.25, -0.2) is 4.98 Å². The highest BCUT2D eigenvalue weighted by Gasteiger charge is 2.31. The van der Waals surface area contributed by atoms with Crippen molar-refractivity contribution in [3.63, 3.8) is 0 Å². The largest absolute Gasteiger partial charge is 0.508 e. The van der Waals surface area contributed by atoms with Crippen molar-refractivity contribution in [2.45, 2.75) is 19.6 Å². The normalized spacial score (nSPS) is 11.5. The molecule has 0 saturated carbocycles. The standard InChI is InChI=1S/C31H23F3N2O3/c1-19-15-22-6-2-3-8-27(22)35-29(19)21-9-11-24(12-10-21)36(30(39)26-14-13-25(37)17-28(26)38)18-20-5-4-7-23(16-20)31(32,33)34/h2-17,37-38H,18H2,1H3. The van der Waals surface area contributed by atoms with Crippen LogP contribution < -0.4 is 4.90 Å². The van der Waals surface area contributed by atoms with Gasteiger partial charge in [-0.2, -0.15) is 13.2 Å². The SMILES string of the molecule is Cc1cc2ccccc2nc1-c1ccc(N(Cc2cccc(C(F)(F)F)c2)C(=O)c2ccc(O)cc2O)cc1. The molecule has 0 radical (unpaired) electrons. The number of anilines is 1. The Hall–Kier alpha value is -4.85. The van der Waals surface area contributed by atoms with E-state index >= 15 is 0 Å². The number of carbonyl (C=O) groups is 1. The quantitative estimate of drug-likeness (QED) is 0.248. The summed E-state index contributed by atoms with van der Waals surface area (Å²) >= 11 is 0. The van der Waals surface area contributed by atoms with Crippen molar-refractivity contribution in [3.05, 3.63) is 119 Å². The molecule has 196 valence electrons. The minimum atomic E-state index is -4.54. The fraction of sp³-hybridized carbons (Fsp3) is 0.0968.